The maximum absolute atomic E-state index is 8.94. The van der Waals surface area contributed by atoms with Gasteiger partial charge in [0.05, 0.1) is 0 Å². The Morgan fingerprint density at radius 2 is 1.17 bits per heavy atom. The summed E-state index contributed by atoms with van der Waals surface area (Å²) in [7, 11) is 0. The Morgan fingerprint density at radius 3 is 1.17 bits per heavy atom. The molecule has 0 aromatic carbocycles. The summed E-state index contributed by atoms with van der Waals surface area (Å²) in [5.74, 6) is 0. The molecule has 3 N–H and O–H groups in total. The van der Waals surface area contributed by atoms with Gasteiger partial charge >= 0.3 is 30.5 Å². The molecule has 0 saturated carbocycles. The second-order valence-corrected chi connectivity index (χ2v) is 2.67. The van der Waals surface area contributed by atoms with Crippen molar-refractivity contribution < 1.29 is 57.8 Å². The van der Waals surface area contributed by atoms with Crippen LogP contribution in [0.4, 0.5) is 0 Å². The van der Waals surface area contributed by atoms with Gasteiger partial charge in [0.2, 0.25) is 0 Å². The minimum Gasteiger partial charge on any atom is 0 e. The fraction of sp³-hybridized carbons (Fsp3) is 0. The van der Waals surface area contributed by atoms with Gasteiger partial charge < -0.3 is 0 Å². The Bertz CT molecular complexity index is 53.7. The smallest absolute Gasteiger partial charge is 0 e. The molecule has 6 heteroatoms. The zero-order valence-electron chi connectivity index (χ0n) is 2.70. The molecule has 0 rings (SSSR count). The van der Waals surface area contributed by atoms with Gasteiger partial charge in [0.1, 0.15) is 0 Å². The Hall–Kier alpha value is 1.62. The zero-order valence-corrected chi connectivity index (χ0v) is 7.71. The van der Waals surface area contributed by atoms with Crippen molar-refractivity contribution in [2.75, 3.05) is 0 Å². The number of rotatable bonds is 0. The van der Waals surface area contributed by atoms with Gasteiger partial charge in [-0.3, -0.25) is 0 Å². The number of hydrogen-bond donors (Lipinski definition) is 3. The van der Waals surface area contributed by atoms with Gasteiger partial charge in [-0.05, 0) is 0 Å². The summed E-state index contributed by atoms with van der Waals surface area (Å²) in [4.78, 5) is 0. The molecule has 0 bridgehead atoms. The first-order valence-corrected chi connectivity index (χ1v) is 4.07. The zero-order chi connectivity index (χ0) is 4.50. The number of hydrogen-bond acceptors (Lipinski definition) is 1. The molecule has 0 saturated heterocycles. The van der Waals surface area contributed by atoms with Gasteiger partial charge in [-0.1, -0.05) is 0 Å². The first kappa shape index (κ1) is 10.6. The molecule has 0 aliphatic heterocycles. The van der Waals surface area contributed by atoms with Crippen LogP contribution in [0.15, 0.2) is 0 Å². The maximum Gasteiger partial charge on any atom is 0 e. The summed E-state index contributed by atoms with van der Waals surface area (Å²) >= 11 is -5.12. The van der Waals surface area contributed by atoms with E-state index >= 15 is 0 Å². The van der Waals surface area contributed by atoms with Crippen LogP contribution in [0.3, 0.4) is 0 Å². The van der Waals surface area contributed by atoms with Crippen LogP contribution in [0, 0.1) is 41.7 Å². The van der Waals surface area contributed by atoms with Crippen molar-refractivity contribution in [3.05, 3.63) is 0 Å². The Kier molecular flexibility index (Phi) is 6.34. The average molecular weight is 282 g/mol. The largest absolute Gasteiger partial charge is 0 e. The standard InChI is InChI=1S/AsH3O4.Ce/c2-1(3,4)5;/h(H3,2,3,4,5);. The minimum absolute atomic E-state index is 0. The van der Waals surface area contributed by atoms with Crippen molar-refractivity contribution in [3.63, 3.8) is 0 Å². The summed E-state index contributed by atoms with van der Waals surface area (Å²) in [6.07, 6.45) is 0. The Balaban J connectivity index is 0. The molecule has 36 valence electrons. The summed E-state index contributed by atoms with van der Waals surface area (Å²) in [5, 5.41) is 0. The van der Waals surface area contributed by atoms with E-state index in [0.29, 0.717) is 0 Å². The molecule has 0 spiro atoms. The fourth-order valence-electron chi connectivity index (χ4n) is 0. The molecule has 0 amide bonds. The van der Waals surface area contributed by atoms with Gasteiger partial charge in [0, 0.05) is 41.7 Å². The van der Waals surface area contributed by atoms with E-state index < -0.39 is 14.5 Å². The van der Waals surface area contributed by atoms with Crippen LogP contribution >= 0.6 is 0 Å². The third kappa shape index (κ3) is 45.8. The van der Waals surface area contributed by atoms with Crippen LogP contribution in [-0.2, 0) is 3.74 Å². The van der Waals surface area contributed by atoms with Crippen molar-refractivity contribution in [1.82, 2.24) is 0 Å². The minimum atomic E-state index is -5.12. The van der Waals surface area contributed by atoms with Gasteiger partial charge in [0.25, 0.3) is 0 Å². The van der Waals surface area contributed by atoms with Crippen molar-refractivity contribution >= 4 is 14.5 Å². The van der Waals surface area contributed by atoms with Crippen LogP contribution in [0.2, 0.25) is 0 Å². The van der Waals surface area contributed by atoms with Crippen molar-refractivity contribution in [2.45, 2.75) is 0 Å². The van der Waals surface area contributed by atoms with Gasteiger partial charge in [-0.15, -0.1) is 0 Å². The van der Waals surface area contributed by atoms with Gasteiger partial charge in [-0.25, -0.2) is 0 Å². The van der Waals surface area contributed by atoms with Crippen LogP contribution < -0.4 is 0 Å². The van der Waals surface area contributed by atoms with Gasteiger partial charge in [0.15, 0.2) is 0 Å². The van der Waals surface area contributed by atoms with E-state index in [2.05, 4.69) is 0 Å². The Morgan fingerprint density at radius 1 is 1.17 bits per heavy atom. The van der Waals surface area contributed by atoms with E-state index in [1.165, 1.54) is 0 Å². The van der Waals surface area contributed by atoms with Crippen LogP contribution in [0.25, 0.3) is 0 Å². The predicted octanol–water partition coefficient (Wildman–Crippen LogP) is -2.17. The average Bonchev–Trinajstić information content (AvgIpc) is 0.722. The topological polar surface area (TPSA) is 77.8 Å². The third-order valence-electron chi connectivity index (χ3n) is 0. The molecular formula is H3AsCeO4. The molecule has 0 aliphatic carbocycles. The van der Waals surface area contributed by atoms with E-state index in [1.54, 1.807) is 0 Å². The van der Waals surface area contributed by atoms with Crippen molar-refractivity contribution in [1.29, 1.82) is 0 Å². The maximum atomic E-state index is 8.94. The van der Waals surface area contributed by atoms with Gasteiger partial charge in [-0.2, -0.15) is 0 Å². The molecule has 0 aromatic heterocycles. The van der Waals surface area contributed by atoms with E-state index in [4.69, 9.17) is 16.0 Å². The summed E-state index contributed by atoms with van der Waals surface area (Å²) < 4.78 is 30.7. The SMILES string of the molecule is O=[As](O)(O)O.[Ce]. The van der Waals surface area contributed by atoms with Crippen LogP contribution in [-0.4, -0.2) is 26.8 Å². The predicted molar refractivity (Wildman–Crippen MR) is 13.1 cm³/mol. The second-order valence-electron chi connectivity index (χ2n) is 0.513. The fourth-order valence-corrected chi connectivity index (χ4v) is 0. The van der Waals surface area contributed by atoms with Crippen molar-refractivity contribution in [3.8, 4) is 0 Å². The molecule has 0 atom stereocenters. The molecular weight excluding hydrogens is 279 g/mol. The molecule has 6 heavy (non-hydrogen) atoms. The molecule has 0 heterocycles. The first-order chi connectivity index (χ1) is 2.00. The van der Waals surface area contributed by atoms with Crippen LogP contribution in [0.1, 0.15) is 0 Å². The molecule has 0 unspecified atom stereocenters. The van der Waals surface area contributed by atoms with E-state index in [-0.39, 0.29) is 41.7 Å². The molecule has 0 aromatic rings. The molecule has 0 radical (unpaired) electrons. The monoisotopic (exact) mass is 282 g/mol. The Labute approximate surface area is 71.3 Å². The first-order valence-electron chi connectivity index (χ1n) is 0.783. The summed E-state index contributed by atoms with van der Waals surface area (Å²) in [5.41, 5.74) is 0. The second kappa shape index (κ2) is 3.60. The van der Waals surface area contributed by atoms with Crippen molar-refractivity contribution in [2.24, 2.45) is 0 Å². The summed E-state index contributed by atoms with van der Waals surface area (Å²) in [6.45, 7) is 0. The van der Waals surface area contributed by atoms with E-state index in [0.717, 1.165) is 0 Å². The quantitative estimate of drug-likeness (QED) is 0.442. The molecule has 4 nitrogen and oxygen atoms in total. The molecule has 0 aliphatic rings. The normalized spacial score (nSPS) is 9.83. The third-order valence-corrected chi connectivity index (χ3v) is 0. The van der Waals surface area contributed by atoms with E-state index in [1.807, 2.05) is 0 Å². The van der Waals surface area contributed by atoms with E-state index in [9.17, 15) is 0 Å². The molecule has 0 fully saturated rings. The van der Waals surface area contributed by atoms with Crippen LogP contribution in [0.5, 0.6) is 0 Å². The summed E-state index contributed by atoms with van der Waals surface area (Å²) in [6, 6.07) is 0.